The molecule has 0 fully saturated rings. The third kappa shape index (κ3) is 6.62. The van der Waals surface area contributed by atoms with Crippen LogP contribution in [0.2, 0.25) is 0 Å². The molecule has 0 aromatic heterocycles. The number of carbonyl (C=O) groups is 1. The molecule has 77 valence electrons. The van der Waals surface area contributed by atoms with E-state index in [9.17, 15) is 4.79 Å². The van der Waals surface area contributed by atoms with Crippen LogP contribution in [0.5, 0.6) is 0 Å². The van der Waals surface area contributed by atoms with Crippen LogP contribution in [-0.4, -0.2) is 5.91 Å². The van der Waals surface area contributed by atoms with Gasteiger partial charge in [0.15, 0.2) is 0 Å². The summed E-state index contributed by atoms with van der Waals surface area (Å²) in [6, 6.07) is 0. The Morgan fingerprint density at radius 1 is 1.08 bits per heavy atom. The van der Waals surface area contributed by atoms with Gasteiger partial charge in [0, 0.05) is 5.92 Å². The monoisotopic (exact) mass is 184 g/mol. The highest BCUT2D eigenvalue weighted by Gasteiger charge is 2.13. The van der Waals surface area contributed by atoms with E-state index in [0.717, 1.165) is 25.7 Å². The predicted octanol–water partition coefficient (Wildman–Crippen LogP) is 3.18. The van der Waals surface area contributed by atoms with Gasteiger partial charge in [0.1, 0.15) is 0 Å². The molecule has 0 saturated carbocycles. The third-order valence-electron chi connectivity index (χ3n) is 2.41. The molecule has 2 heteroatoms. The summed E-state index contributed by atoms with van der Waals surface area (Å²) in [4.78, 5) is 10.9. The Morgan fingerprint density at radius 3 is 2.23 bits per heavy atom. The second-order valence-electron chi connectivity index (χ2n) is 3.70. The molecular weight excluding hydrogens is 162 g/mol. The fraction of sp³-hybridized carbons (Fsp3) is 0.909. The molecule has 0 heterocycles. The number of rotatable bonds is 8. The van der Waals surface area contributed by atoms with Crippen molar-refractivity contribution in [1.29, 1.82) is 0 Å². The molecule has 1 radical (unpaired) electrons. The van der Waals surface area contributed by atoms with E-state index in [0.29, 0.717) is 0 Å². The number of hydrogen-bond acceptors (Lipinski definition) is 1. The van der Waals surface area contributed by atoms with Gasteiger partial charge in [-0.25, -0.2) is 0 Å². The Labute approximate surface area is 81.9 Å². The summed E-state index contributed by atoms with van der Waals surface area (Å²) in [5.74, 6) is -0.347. The molecule has 0 aliphatic heterocycles. The van der Waals surface area contributed by atoms with Crippen LogP contribution in [0.15, 0.2) is 0 Å². The summed E-state index contributed by atoms with van der Waals surface area (Å²) in [7, 11) is 0. The first-order chi connectivity index (χ1) is 6.22. The van der Waals surface area contributed by atoms with Gasteiger partial charge < -0.3 is 0 Å². The summed E-state index contributed by atoms with van der Waals surface area (Å²) in [6.45, 7) is 4.25. The zero-order chi connectivity index (χ0) is 10.1. The highest BCUT2D eigenvalue weighted by Crippen LogP contribution is 2.15. The molecular formula is C11H22NO. The summed E-state index contributed by atoms with van der Waals surface area (Å²) >= 11 is 0. The van der Waals surface area contributed by atoms with E-state index < -0.39 is 0 Å². The maximum atomic E-state index is 10.9. The van der Waals surface area contributed by atoms with E-state index in [1.807, 2.05) is 0 Å². The first-order valence-electron chi connectivity index (χ1n) is 5.47. The molecule has 0 aromatic carbocycles. The molecule has 1 atom stereocenters. The number of unbranched alkanes of at least 4 members (excludes halogenated alkanes) is 3. The van der Waals surface area contributed by atoms with Crippen LogP contribution in [0.4, 0.5) is 0 Å². The Balaban J connectivity index is 3.51. The molecule has 0 spiro atoms. The lowest BCUT2D eigenvalue weighted by Gasteiger charge is -2.10. The molecule has 0 saturated heterocycles. The molecule has 0 aliphatic rings. The zero-order valence-electron chi connectivity index (χ0n) is 8.94. The van der Waals surface area contributed by atoms with Gasteiger partial charge in [0.25, 0.3) is 0 Å². The highest BCUT2D eigenvalue weighted by molar-refractivity contribution is 5.75. The molecule has 13 heavy (non-hydrogen) atoms. The van der Waals surface area contributed by atoms with E-state index in [-0.39, 0.29) is 11.8 Å². The van der Waals surface area contributed by atoms with Crippen molar-refractivity contribution < 1.29 is 4.79 Å². The van der Waals surface area contributed by atoms with Crippen molar-refractivity contribution in [3.05, 3.63) is 0 Å². The van der Waals surface area contributed by atoms with Crippen molar-refractivity contribution in [1.82, 2.24) is 5.73 Å². The molecule has 0 aromatic rings. The summed E-state index contributed by atoms with van der Waals surface area (Å²) in [5.41, 5.74) is 7.08. The van der Waals surface area contributed by atoms with Crippen LogP contribution in [0.1, 0.15) is 58.8 Å². The fourth-order valence-corrected chi connectivity index (χ4v) is 1.57. The van der Waals surface area contributed by atoms with Crippen molar-refractivity contribution >= 4 is 5.91 Å². The first-order valence-corrected chi connectivity index (χ1v) is 5.47. The highest BCUT2D eigenvalue weighted by atomic mass is 16.1. The van der Waals surface area contributed by atoms with Gasteiger partial charge in [-0.1, -0.05) is 46.0 Å². The van der Waals surface area contributed by atoms with Crippen molar-refractivity contribution in [2.24, 2.45) is 5.92 Å². The minimum atomic E-state index is -0.363. The van der Waals surface area contributed by atoms with E-state index in [1.54, 1.807) is 0 Å². The maximum Gasteiger partial charge on any atom is 0.241 e. The minimum Gasteiger partial charge on any atom is -0.273 e. The normalized spacial score (nSPS) is 12.8. The molecule has 0 bridgehead atoms. The summed E-state index contributed by atoms with van der Waals surface area (Å²) in [5, 5.41) is 0. The molecule has 2 nitrogen and oxygen atoms in total. The Hall–Kier alpha value is -0.530. The summed E-state index contributed by atoms with van der Waals surface area (Å²) < 4.78 is 0. The van der Waals surface area contributed by atoms with Crippen LogP contribution in [-0.2, 0) is 4.79 Å². The van der Waals surface area contributed by atoms with Gasteiger partial charge in [-0.2, -0.15) is 0 Å². The van der Waals surface area contributed by atoms with Crippen molar-refractivity contribution in [2.45, 2.75) is 58.8 Å². The second-order valence-corrected chi connectivity index (χ2v) is 3.70. The topological polar surface area (TPSA) is 40.9 Å². The van der Waals surface area contributed by atoms with Crippen LogP contribution < -0.4 is 5.73 Å². The van der Waals surface area contributed by atoms with Gasteiger partial charge in [0.05, 0.1) is 0 Å². The van der Waals surface area contributed by atoms with Gasteiger partial charge >= 0.3 is 0 Å². The number of carbonyl (C=O) groups excluding carboxylic acids is 1. The lowest BCUT2D eigenvalue weighted by atomic mass is 9.96. The Morgan fingerprint density at radius 2 is 1.77 bits per heavy atom. The van der Waals surface area contributed by atoms with Crippen molar-refractivity contribution in [3.8, 4) is 0 Å². The lowest BCUT2D eigenvalue weighted by molar-refractivity contribution is -0.122. The minimum absolute atomic E-state index is 0.0156. The SMILES string of the molecule is CCCCCCC(CCC)C([NH])=O. The van der Waals surface area contributed by atoms with Crippen molar-refractivity contribution in [2.75, 3.05) is 0 Å². The maximum absolute atomic E-state index is 10.9. The zero-order valence-corrected chi connectivity index (χ0v) is 8.94. The van der Waals surface area contributed by atoms with E-state index >= 15 is 0 Å². The standard InChI is InChI=1S/C11H22NO/c1-3-5-6-7-9-10(8-4-2)11(12)13/h10,12H,3-9H2,1-2H3. The average molecular weight is 184 g/mol. The number of hydrogen-bond donors (Lipinski definition) is 0. The quantitative estimate of drug-likeness (QED) is 0.534. The van der Waals surface area contributed by atoms with E-state index in [4.69, 9.17) is 5.73 Å². The van der Waals surface area contributed by atoms with Crippen LogP contribution in [0.3, 0.4) is 0 Å². The van der Waals surface area contributed by atoms with Crippen LogP contribution in [0.25, 0.3) is 0 Å². The number of nitrogens with one attached hydrogen (secondary N) is 1. The molecule has 1 N–H and O–H groups in total. The number of amides is 1. The largest absolute Gasteiger partial charge is 0.273 e. The second kappa shape index (κ2) is 8.09. The smallest absolute Gasteiger partial charge is 0.241 e. The predicted molar refractivity (Wildman–Crippen MR) is 55.3 cm³/mol. The van der Waals surface area contributed by atoms with Crippen LogP contribution in [0, 0.1) is 5.92 Å². The Kier molecular flexibility index (Phi) is 7.76. The van der Waals surface area contributed by atoms with Gasteiger partial charge in [-0.3, -0.25) is 10.5 Å². The van der Waals surface area contributed by atoms with E-state index in [1.165, 1.54) is 19.3 Å². The molecule has 0 rings (SSSR count). The van der Waals surface area contributed by atoms with Crippen molar-refractivity contribution in [3.63, 3.8) is 0 Å². The lowest BCUT2D eigenvalue weighted by Crippen LogP contribution is -2.14. The summed E-state index contributed by atoms with van der Waals surface area (Å²) in [6.07, 6.45) is 7.65. The van der Waals surface area contributed by atoms with E-state index in [2.05, 4.69) is 13.8 Å². The van der Waals surface area contributed by atoms with Crippen LogP contribution >= 0.6 is 0 Å². The third-order valence-corrected chi connectivity index (χ3v) is 2.41. The van der Waals surface area contributed by atoms with Gasteiger partial charge in [-0.15, -0.1) is 0 Å². The van der Waals surface area contributed by atoms with Gasteiger partial charge in [-0.05, 0) is 12.8 Å². The molecule has 0 aliphatic carbocycles. The fourth-order valence-electron chi connectivity index (χ4n) is 1.57. The average Bonchev–Trinajstić information content (AvgIpc) is 2.10. The first kappa shape index (κ1) is 12.5. The molecule has 1 unspecified atom stereocenters. The Bertz CT molecular complexity index is 134. The van der Waals surface area contributed by atoms with Gasteiger partial charge in [0.2, 0.25) is 5.91 Å². The molecule has 1 amide bonds.